The lowest BCUT2D eigenvalue weighted by Crippen LogP contribution is -2.39. The van der Waals surface area contributed by atoms with Crippen molar-refractivity contribution in [2.24, 2.45) is 5.92 Å². The standard InChI is InChI=1S/C14H16F3N3/c1-9-7-13(12(8-18)10(2)19-9)20-5-3-11(4-6-20)14(15,16)17/h7,11H,3-6H2,1-2H3. The highest BCUT2D eigenvalue weighted by Gasteiger charge is 2.41. The van der Waals surface area contributed by atoms with Gasteiger partial charge in [-0.1, -0.05) is 0 Å². The van der Waals surface area contributed by atoms with Crippen LogP contribution in [0.4, 0.5) is 18.9 Å². The molecule has 0 unspecified atom stereocenters. The van der Waals surface area contributed by atoms with Gasteiger partial charge in [-0.05, 0) is 32.8 Å². The maximum absolute atomic E-state index is 12.7. The van der Waals surface area contributed by atoms with Gasteiger partial charge in [0.1, 0.15) is 6.07 Å². The molecule has 1 aliphatic rings. The Kier molecular flexibility index (Phi) is 3.89. The molecule has 1 saturated heterocycles. The van der Waals surface area contributed by atoms with Gasteiger partial charge in [-0.2, -0.15) is 18.4 Å². The van der Waals surface area contributed by atoms with Crippen LogP contribution in [0.25, 0.3) is 0 Å². The fourth-order valence-electron chi connectivity index (χ4n) is 2.64. The number of nitrogens with zero attached hydrogens (tertiary/aromatic N) is 3. The van der Waals surface area contributed by atoms with E-state index >= 15 is 0 Å². The lowest BCUT2D eigenvalue weighted by Gasteiger charge is -2.35. The molecule has 0 N–H and O–H groups in total. The van der Waals surface area contributed by atoms with Gasteiger partial charge >= 0.3 is 6.18 Å². The average Bonchev–Trinajstić information content (AvgIpc) is 2.37. The Morgan fingerprint density at radius 2 is 1.90 bits per heavy atom. The first-order valence-corrected chi connectivity index (χ1v) is 6.53. The Hall–Kier alpha value is -1.77. The molecule has 108 valence electrons. The molecule has 0 saturated carbocycles. The van der Waals surface area contributed by atoms with Crippen LogP contribution in [0.2, 0.25) is 0 Å². The maximum Gasteiger partial charge on any atom is 0.391 e. The van der Waals surface area contributed by atoms with Crippen LogP contribution < -0.4 is 4.90 Å². The Bertz CT molecular complexity index is 538. The SMILES string of the molecule is Cc1cc(N2CCC(C(F)(F)F)CC2)c(C#N)c(C)n1. The van der Waals surface area contributed by atoms with Gasteiger partial charge in [0.2, 0.25) is 0 Å². The zero-order chi connectivity index (χ0) is 14.9. The number of aryl methyl sites for hydroxylation is 2. The Morgan fingerprint density at radius 1 is 1.30 bits per heavy atom. The Labute approximate surface area is 116 Å². The third-order valence-corrected chi connectivity index (χ3v) is 3.72. The lowest BCUT2D eigenvalue weighted by atomic mass is 9.95. The number of halogens is 3. The monoisotopic (exact) mass is 283 g/mol. The van der Waals surface area contributed by atoms with Crippen molar-refractivity contribution >= 4 is 5.69 Å². The van der Waals surface area contributed by atoms with Crippen LogP contribution in [0, 0.1) is 31.1 Å². The van der Waals surface area contributed by atoms with Crippen molar-refractivity contribution in [3.05, 3.63) is 23.0 Å². The quantitative estimate of drug-likeness (QED) is 0.793. The van der Waals surface area contributed by atoms with Gasteiger partial charge in [-0.3, -0.25) is 4.98 Å². The third kappa shape index (κ3) is 2.87. The number of piperidine rings is 1. The molecule has 6 heteroatoms. The van der Waals surface area contributed by atoms with Crippen LogP contribution in [-0.2, 0) is 0 Å². The third-order valence-electron chi connectivity index (χ3n) is 3.72. The first-order valence-electron chi connectivity index (χ1n) is 6.53. The summed E-state index contributed by atoms with van der Waals surface area (Å²) in [7, 11) is 0. The second kappa shape index (κ2) is 5.31. The zero-order valence-corrected chi connectivity index (χ0v) is 11.5. The van der Waals surface area contributed by atoms with E-state index in [-0.39, 0.29) is 12.8 Å². The molecule has 2 rings (SSSR count). The molecule has 3 nitrogen and oxygen atoms in total. The van der Waals surface area contributed by atoms with E-state index in [1.807, 2.05) is 11.8 Å². The molecule has 0 radical (unpaired) electrons. The first-order chi connectivity index (χ1) is 9.32. The van der Waals surface area contributed by atoms with E-state index in [1.165, 1.54) is 0 Å². The molecule has 1 aromatic rings. The van der Waals surface area contributed by atoms with Crippen molar-refractivity contribution in [2.45, 2.75) is 32.9 Å². The molecule has 20 heavy (non-hydrogen) atoms. The number of anilines is 1. The summed E-state index contributed by atoms with van der Waals surface area (Å²) < 4.78 is 38.0. The molecule has 0 bridgehead atoms. The second-order valence-corrected chi connectivity index (χ2v) is 5.16. The van der Waals surface area contributed by atoms with Crippen molar-refractivity contribution in [2.75, 3.05) is 18.0 Å². The summed E-state index contributed by atoms with van der Waals surface area (Å²) in [5, 5.41) is 9.21. The number of pyridine rings is 1. The van der Waals surface area contributed by atoms with Crippen LogP contribution >= 0.6 is 0 Å². The van der Waals surface area contributed by atoms with Gasteiger partial charge in [0.15, 0.2) is 0 Å². The topological polar surface area (TPSA) is 39.9 Å². The second-order valence-electron chi connectivity index (χ2n) is 5.16. The predicted octanol–water partition coefficient (Wildman–Crippen LogP) is 3.35. The zero-order valence-electron chi connectivity index (χ0n) is 11.5. The molecule has 2 heterocycles. The van der Waals surface area contributed by atoms with Crippen molar-refractivity contribution in [1.29, 1.82) is 5.26 Å². The molecular formula is C14H16F3N3. The minimum Gasteiger partial charge on any atom is -0.370 e. The number of hydrogen-bond acceptors (Lipinski definition) is 3. The normalized spacial score (nSPS) is 17.1. The highest BCUT2D eigenvalue weighted by molar-refractivity contribution is 5.61. The number of hydrogen-bond donors (Lipinski definition) is 0. The highest BCUT2D eigenvalue weighted by Crippen LogP contribution is 2.36. The van der Waals surface area contributed by atoms with Gasteiger partial charge in [-0.25, -0.2) is 0 Å². The summed E-state index contributed by atoms with van der Waals surface area (Å²) in [6.07, 6.45) is -3.96. The minimum atomic E-state index is -4.12. The Morgan fingerprint density at radius 3 is 2.40 bits per heavy atom. The first kappa shape index (κ1) is 14.6. The van der Waals surface area contributed by atoms with E-state index in [9.17, 15) is 18.4 Å². The fraction of sp³-hybridized carbons (Fsp3) is 0.571. The van der Waals surface area contributed by atoms with Crippen LogP contribution in [0.15, 0.2) is 6.07 Å². The molecule has 1 aromatic heterocycles. The molecule has 0 aromatic carbocycles. The molecular weight excluding hydrogens is 267 g/mol. The van der Waals surface area contributed by atoms with E-state index in [0.29, 0.717) is 30.0 Å². The molecule has 1 fully saturated rings. The maximum atomic E-state index is 12.7. The van der Waals surface area contributed by atoms with E-state index in [0.717, 1.165) is 5.69 Å². The van der Waals surface area contributed by atoms with Crippen LogP contribution in [0.3, 0.4) is 0 Å². The van der Waals surface area contributed by atoms with Crippen molar-refractivity contribution in [3.63, 3.8) is 0 Å². The number of rotatable bonds is 1. The van der Waals surface area contributed by atoms with E-state index < -0.39 is 12.1 Å². The molecule has 0 aliphatic carbocycles. The van der Waals surface area contributed by atoms with Crippen molar-refractivity contribution < 1.29 is 13.2 Å². The molecule has 0 amide bonds. The van der Waals surface area contributed by atoms with Gasteiger partial charge in [0.25, 0.3) is 0 Å². The lowest BCUT2D eigenvalue weighted by molar-refractivity contribution is -0.179. The van der Waals surface area contributed by atoms with Gasteiger partial charge < -0.3 is 4.90 Å². The van der Waals surface area contributed by atoms with Crippen LogP contribution in [0.1, 0.15) is 29.8 Å². The average molecular weight is 283 g/mol. The van der Waals surface area contributed by atoms with Gasteiger partial charge in [-0.15, -0.1) is 0 Å². The molecule has 1 aliphatic heterocycles. The van der Waals surface area contributed by atoms with Crippen molar-refractivity contribution in [3.8, 4) is 6.07 Å². The highest BCUT2D eigenvalue weighted by atomic mass is 19.4. The summed E-state index contributed by atoms with van der Waals surface area (Å²) in [6.45, 7) is 4.21. The smallest absolute Gasteiger partial charge is 0.370 e. The fourth-order valence-corrected chi connectivity index (χ4v) is 2.64. The van der Waals surface area contributed by atoms with Crippen LogP contribution in [0.5, 0.6) is 0 Å². The summed E-state index contributed by atoms with van der Waals surface area (Å²) in [4.78, 5) is 6.09. The van der Waals surface area contributed by atoms with E-state index in [2.05, 4.69) is 11.1 Å². The minimum absolute atomic E-state index is 0.0782. The van der Waals surface area contributed by atoms with Gasteiger partial charge in [0.05, 0.1) is 22.9 Å². The number of aromatic nitrogens is 1. The van der Waals surface area contributed by atoms with E-state index in [1.54, 1.807) is 13.0 Å². The largest absolute Gasteiger partial charge is 0.391 e. The van der Waals surface area contributed by atoms with Crippen molar-refractivity contribution in [1.82, 2.24) is 4.98 Å². The summed E-state index contributed by atoms with van der Waals surface area (Å²) >= 11 is 0. The molecule has 0 spiro atoms. The summed E-state index contributed by atoms with van der Waals surface area (Å²) in [5.41, 5.74) is 2.56. The summed E-state index contributed by atoms with van der Waals surface area (Å²) in [6, 6.07) is 3.88. The number of alkyl halides is 3. The molecule has 0 atom stereocenters. The number of nitriles is 1. The predicted molar refractivity (Wildman–Crippen MR) is 69.4 cm³/mol. The Balaban J connectivity index is 2.21. The van der Waals surface area contributed by atoms with E-state index in [4.69, 9.17) is 0 Å². The van der Waals surface area contributed by atoms with Crippen LogP contribution in [-0.4, -0.2) is 24.2 Å². The summed E-state index contributed by atoms with van der Waals surface area (Å²) in [5.74, 6) is -1.23. The van der Waals surface area contributed by atoms with Gasteiger partial charge in [0, 0.05) is 18.8 Å².